The Morgan fingerprint density at radius 1 is 1.10 bits per heavy atom. The molecule has 1 nitrogen and oxygen atoms in total. The van der Waals surface area contributed by atoms with Gasteiger partial charge in [0.15, 0.2) is 0 Å². The molecule has 0 bridgehead atoms. The number of thioether (sulfide) groups is 1. The summed E-state index contributed by atoms with van der Waals surface area (Å²) in [6.45, 7) is 7.20. The van der Waals surface area contributed by atoms with Crippen molar-refractivity contribution in [2.45, 2.75) is 56.6 Å². The Kier molecular flexibility index (Phi) is 6.89. The number of hydrogen-bond acceptors (Lipinski definition) is 2. The van der Waals surface area contributed by atoms with Gasteiger partial charge in [0.25, 0.3) is 0 Å². The Hall–Kier alpha value is -0.680. The highest BCUT2D eigenvalue weighted by Crippen LogP contribution is 2.36. The predicted octanol–water partition coefficient (Wildman–Crippen LogP) is 5.21. The molecule has 0 saturated heterocycles. The van der Waals surface area contributed by atoms with E-state index in [-0.39, 0.29) is 16.7 Å². The third kappa shape index (κ3) is 6.18. The second-order valence-electron chi connectivity index (χ2n) is 4.94. The molecule has 0 saturated carbocycles. The van der Waals surface area contributed by atoms with Gasteiger partial charge in [0, 0.05) is 17.5 Å². The molecule has 0 radical (unpaired) electrons. The average Bonchev–Trinajstić information content (AvgIpc) is 2.37. The van der Waals surface area contributed by atoms with E-state index in [1.807, 2.05) is 0 Å². The third-order valence-electron chi connectivity index (χ3n) is 3.54. The summed E-state index contributed by atoms with van der Waals surface area (Å²) in [5.41, 5.74) is -3.21. The Balaban J connectivity index is 2.49. The number of alkyl halides is 3. The largest absolute Gasteiger partial charge is 0.446 e. The van der Waals surface area contributed by atoms with Crippen LogP contribution in [0.15, 0.2) is 29.2 Å². The first-order chi connectivity index (χ1) is 9.35. The Morgan fingerprint density at radius 3 is 2.10 bits per heavy atom. The number of benzene rings is 1. The summed E-state index contributed by atoms with van der Waals surface area (Å²) in [7, 11) is 0. The van der Waals surface area contributed by atoms with Gasteiger partial charge < -0.3 is 5.32 Å². The van der Waals surface area contributed by atoms with Crippen molar-refractivity contribution in [2.24, 2.45) is 5.92 Å². The molecule has 0 aromatic heterocycles. The maximum atomic E-state index is 12.2. The molecule has 0 amide bonds. The van der Waals surface area contributed by atoms with Gasteiger partial charge >= 0.3 is 5.51 Å². The topological polar surface area (TPSA) is 12.0 Å². The van der Waals surface area contributed by atoms with Crippen molar-refractivity contribution in [3.8, 4) is 0 Å². The first kappa shape index (κ1) is 17.4. The smallest absolute Gasteiger partial charge is 0.310 e. The molecule has 1 aromatic rings. The quantitative estimate of drug-likeness (QED) is 0.694. The first-order valence-corrected chi connectivity index (χ1v) is 7.75. The average molecular weight is 305 g/mol. The van der Waals surface area contributed by atoms with Crippen LogP contribution >= 0.6 is 11.8 Å². The molecule has 0 fully saturated rings. The fraction of sp³-hybridized carbons (Fsp3) is 0.600. The van der Waals surface area contributed by atoms with Gasteiger partial charge in [-0.05, 0) is 42.3 Å². The van der Waals surface area contributed by atoms with E-state index in [1.54, 1.807) is 12.1 Å². The van der Waals surface area contributed by atoms with Gasteiger partial charge in [-0.15, -0.1) is 0 Å². The van der Waals surface area contributed by atoms with E-state index in [0.29, 0.717) is 18.5 Å². The zero-order valence-electron chi connectivity index (χ0n) is 12.1. The lowest BCUT2D eigenvalue weighted by Crippen LogP contribution is -2.32. The van der Waals surface area contributed by atoms with E-state index in [9.17, 15) is 13.2 Å². The fourth-order valence-corrected chi connectivity index (χ4v) is 2.79. The standard InChI is InChI=1S/C15H22F3NS/c1-4-13(5-2)11(3)19-10-12-6-8-14(9-7-12)20-15(16,17)18/h6-9,11,13,19H,4-5,10H2,1-3H3. The van der Waals surface area contributed by atoms with Crippen molar-refractivity contribution in [3.05, 3.63) is 29.8 Å². The van der Waals surface area contributed by atoms with Crippen LogP contribution < -0.4 is 5.32 Å². The second-order valence-corrected chi connectivity index (χ2v) is 6.08. The predicted molar refractivity (Wildman–Crippen MR) is 78.7 cm³/mol. The Labute approximate surface area is 123 Å². The Morgan fingerprint density at radius 2 is 1.65 bits per heavy atom. The van der Waals surface area contributed by atoms with Crippen molar-refractivity contribution in [3.63, 3.8) is 0 Å². The van der Waals surface area contributed by atoms with Crippen LogP contribution in [0, 0.1) is 5.92 Å². The number of halogens is 3. The maximum Gasteiger partial charge on any atom is 0.446 e. The third-order valence-corrected chi connectivity index (χ3v) is 4.28. The van der Waals surface area contributed by atoms with E-state index in [0.717, 1.165) is 18.4 Å². The monoisotopic (exact) mass is 305 g/mol. The normalized spacial score (nSPS) is 13.8. The van der Waals surface area contributed by atoms with Crippen LogP contribution in [0.25, 0.3) is 0 Å². The summed E-state index contributed by atoms with van der Waals surface area (Å²) in [6, 6.07) is 6.96. The van der Waals surface area contributed by atoms with Crippen LogP contribution in [0.3, 0.4) is 0 Å². The maximum absolute atomic E-state index is 12.2. The van der Waals surface area contributed by atoms with Crippen LogP contribution in [0.1, 0.15) is 39.2 Å². The van der Waals surface area contributed by atoms with Crippen LogP contribution in [0.2, 0.25) is 0 Å². The molecule has 114 valence electrons. The summed E-state index contributed by atoms with van der Waals surface area (Å²) in [5, 5.41) is 3.44. The van der Waals surface area contributed by atoms with E-state index in [1.165, 1.54) is 12.1 Å². The molecule has 1 atom stereocenters. The zero-order valence-corrected chi connectivity index (χ0v) is 12.9. The zero-order chi connectivity index (χ0) is 15.2. The molecule has 0 aliphatic carbocycles. The molecule has 0 spiro atoms. The molecular formula is C15H22F3NS. The summed E-state index contributed by atoms with van der Waals surface area (Å²) in [5.74, 6) is 0.634. The van der Waals surface area contributed by atoms with Crippen molar-refractivity contribution in [1.29, 1.82) is 0 Å². The van der Waals surface area contributed by atoms with E-state index in [4.69, 9.17) is 0 Å². The first-order valence-electron chi connectivity index (χ1n) is 6.93. The van der Waals surface area contributed by atoms with Gasteiger partial charge in [-0.2, -0.15) is 13.2 Å². The van der Waals surface area contributed by atoms with Crippen LogP contribution in [0.4, 0.5) is 13.2 Å². The van der Waals surface area contributed by atoms with Crippen molar-refractivity contribution >= 4 is 11.8 Å². The highest BCUT2D eigenvalue weighted by Gasteiger charge is 2.28. The van der Waals surface area contributed by atoms with Crippen LogP contribution in [-0.2, 0) is 6.54 Å². The van der Waals surface area contributed by atoms with Gasteiger partial charge in [0.1, 0.15) is 0 Å². The molecule has 0 aliphatic heterocycles. The van der Waals surface area contributed by atoms with Crippen LogP contribution in [-0.4, -0.2) is 11.6 Å². The molecule has 1 N–H and O–H groups in total. The molecule has 1 rings (SSSR count). The lowest BCUT2D eigenvalue weighted by Gasteiger charge is -2.22. The lowest BCUT2D eigenvalue weighted by molar-refractivity contribution is -0.0328. The molecular weight excluding hydrogens is 283 g/mol. The highest BCUT2D eigenvalue weighted by molar-refractivity contribution is 8.00. The van der Waals surface area contributed by atoms with Gasteiger partial charge in [-0.25, -0.2) is 0 Å². The van der Waals surface area contributed by atoms with Gasteiger partial charge in [0.05, 0.1) is 0 Å². The van der Waals surface area contributed by atoms with E-state index in [2.05, 4.69) is 26.1 Å². The van der Waals surface area contributed by atoms with Crippen molar-refractivity contribution in [2.75, 3.05) is 0 Å². The summed E-state index contributed by atoms with van der Waals surface area (Å²) in [6.07, 6.45) is 2.26. The minimum Gasteiger partial charge on any atom is -0.310 e. The molecule has 20 heavy (non-hydrogen) atoms. The summed E-state index contributed by atoms with van der Waals surface area (Å²) < 4.78 is 36.6. The number of nitrogens with one attached hydrogen (secondary N) is 1. The number of hydrogen-bond donors (Lipinski definition) is 1. The fourth-order valence-electron chi connectivity index (χ4n) is 2.25. The van der Waals surface area contributed by atoms with E-state index >= 15 is 0 Å². The molecule has 0 heterocycles. The van der Waals surface area contributed by atoms with Gasteiger partial charge in [-0.3, -0.25) is 0 Å². The Bertz CT molecular complexity index is 385. The van der Waals surface area contributed by atoms with Crippen molar-refractivity contribution < 1.29 is 13.2 Å². The second kappa shape index (κ2) is 7.93. The minimum atomic E-state index is -4.22. The molecule has 0 aliphatic rings. The molecule has 5 heteroatoms. The number of rotatable bonds is 7. The van der Waals surface area contributed by atoms with Gasteiger partial charge in [0.2, 0.25) is 0 Å². The molecule has 1 aromatic carbocycles. The molecule has 1 unspecified atom stereocenters. The summed E-state index contributed by atoms with van der Waals surface area (Å²) >= 11 is -0.0744. The highest BCUT2D eigenvalue weighted by atomic mass is 32.2. The van der Waals surface area contributed by atoms with Gasteiger partial charge in [-0.1, -0.05) is 38.8 Å². The lowest BCUT2D eigenvalue weighted by atomic mass is 9.95. The SMILES string of the molecule is CCC(CC)C(C)NCc1ccc(SC(F)(F)F)cc1. The minimum absolute atomic E-state index is 0.0744. The summed E-state index contributed by atoms with van der Waals surface area (Å²) in [4.78, 5) is 0.231. The van der Waals surface area contributed by atoms with Crippen molar-refractivity contribution in [1.82, 2.24) is 5.32 Å². The van der Waals surface area contributed by atoms with Crippen LogP contribution in [0.5, 0.6) is 0 Å². The van der Waals surface area contributed by atoms with E-state index < -0.39 is 5.51 Å².